The number of Topliss-reactive ketones (excluding diaryl/α,β-unsaturated/α-hetero) is 1. The highest BCUT2D eigenvalue weighted by atomic mass is 16.1. The number of carbonyl (C=O) groups excluding carboxylic acids is 1. The van der Waals surface area contributed by atoms with Gasteiger partial charge in [-0.3, -0.25) is 4.79 Å². The molecule has 0 bridgehead atoms. The highest BCUT2D eigenvalue weighted by molar-refractivity contribution is 5.94. The average molecular weight is 204 g/mol. The molecule has 0 aromatic carbocycles. The van der Waals surface area contributed by atoms with Gasteiger partial charge in [-0.05, 0) is 38.3 Å². The van der Waals surface area contributed by atoms with Crippen molar-refractivity contribution in [2.45, 2.75) is 26.2 Å². The van der Waals surface area contributed by atoms with E-state index in [-0.39, 0.29) is 5.78 Å². The summed E-state index contributed by atoms with van der Waals surface area (Å²) in [4.78, 5) is 17.8. The average Bonchev–Trinajstić information content (AvgIpc) is 2.30. The molecule has 2 rings (SSSR count). The number of ketones is 1. The minimum Gasteiger partial charge on any atom is -0.357 e. The van der Waals surface area contributed by atoms with E-state index in [1.165, 1.54) is 19.3 Å². The van der Waals surface area contributed by atoms with Gasteiger partial charge < -0.3 is 4.90 Å². The first-order valence-electron chi connectivity index (χ1n) is 5.49. The summed E-state index contributed by atoms with van der Waals surface area (Å²) >= 11 is 0. The fourth-order valence-electron chi connectivity index (χ4n) is 1.93. The van der Waals surface area contributed by atoms with E-state index in [9.17, 15) is 4.79 Å². The van der Waals surface area contributed by atoms with Crippen LogP contribution in [0.2, 0.25) is 0 Å². The normalized spacial score (nSPS) is 16.5. The summed E-state index contributed by atoms with van der Waals surface area (Å²) in [5.74, 6) is 1.05. The van der Waals surface area contributed by atoms with E-state index in [1.54, 1.807) is 19.2 Å². The lowest BCUT2D eigenvalue weighted by Gasteiger charge is -2.27. The maximum Gasteiger partial charge on any atom is 0.159 e. The third-order valence-corrected chi connectivity index (χ3v) is 2.83. The van der Waals surface area contributed by atoms with Crippen molar-refractivity contribution < 1.29 is 4.79 Å². The quantitative estimate of drug-likeness (QED) is 0.693. The Bertz CT molecular complexity index is 356. The Morgan fingerprint density at radius 2 is 2.07 bits per heavy atom. The lowest BCUT2D eigenvalue weighted by Crippen LogP contribution is -2.30. The summed E-state index contributed by atoms with van der Waals surface area (Å²) in [7, 11) is 0. The number of nitrogens with zero attached hydrogens (tertiary/aromatic N) is 2. The number of aromatic nitrogens is 1. The zero-order valence-electron chi connectivity index (χ0n) is 9.07. The van der Waals surface area contributed by atoms with Crippen LogP contribution >= 0.6 is 0 Å². The van der Waals surface area contributed by atoms with E-state index in [2.05, 4.69) is 9.88 Å². The molecule has 0 radical (unpaired) electrons. The standard InChI is InChI=1S/C12H16N2O/c1-10(15)11-5-6-13-12(9-11)14-7-3-2-4-8-14/h5-6,9H,2-4,7-8H2,1H3. The van der Waals surface area contributed by atoms with E-state index < -0.39 is 0 Å². The van der Waals surface area contributed by atoms with E-state index in [0.717, 1.165) is 24.5 Å². The van der Waals surface area contributed by atoms with Gasteiger partial charge in [0, 0.05) is 24.8 Å². The summed E-state index contributed by atoms with van der Waals surface area (Å²) in [6.07, 6.45) is 5.49. The first-order chi connectivity index (χ1) is 7.27. The largest absolute Gasteiger partial charge is 0.357 e. The second-order valence-electron chi connectivity index (χ2n) is 4.01. The number of anilines is 1. The molecule has 1 aliphatic heterocycles. The minimum atomic E-state index is 0.107. The summed E-state index contributed by atoms with van der Waals surface area (Å²) in [5.41, 5.74) is 0.755. The molecule has 0 aliphatic carbocycles. The van der Waals surface area contributed by atoms with Crippen molar-refractivity contribution in [3.8, 4) is 0 Å². The molecule has 0 amide bonds. The van der Waals surface area contributed by atoms with Crippen molar-refractivity contribution in [3.63, 3.8) is 0 Å². The summed E-state index contributed by atoms with van der Waals surface area (Å²) in [6, 6.07) is 3.67. The van der Waals surface area contributed by atoms with Crippen molar-refractivity contribution in [2.24, 2.45) is 0 Å². The van der Waals surface area contributed by atoms with Crippen LogP contribution in [0.4, 0.5) is 5.82 Å². The molecule has 1 saturated heterocycles. The molecular weight excluding hydrogens is 188 g/mol. The Morgan fingerprint density at radius 1 is 1.33 bits per heavy atom. The van der Waals surface area contributed by atoms with Gasteiger partial charge in [-0.1, -0.05) is 0 Å². The van der Waals surface area contributed by atoms with Crippen LogP contribution in [0.3, 0.4) is 0 Å². The van der Waals surface area contributed by atoms with Crippen LogP contribution in [0.5, 0.6) is 0 Å². The monoisotopic (exact) mass is 204 g/mol. The highest BCUT2D eigenvalue weighted by Crippen LogP contribution is 2.18. The molecule has 1 aliphatic rings. The first-order valence-corrected chi connectivity index (χ1v) is 5.49. The molecule has 80 valence electrons. The molecule has 15 heavy (non-hydrogen) atoms. The molecule has 1 fully saturated rings. The summed E-state index contributed by atoms with van der Waals surface area (Å²) in [6.45, 7) is 3.72. The van der Waals surface area contributed by atoms with E-state index >= 15 is 0 Å². The molecule has 1 aromatic heterocycles. The molecular formula is C12H16N2O. The van der Waals surface area contributed by atoms with Crippen LogP contribution in [-0.2, 0) is 0 Å². The molecule has 1 aromatic rings. The zero-order chi connectivity index (χ0) is 10.7. The van der Waals surface area contributed by atoms with Crippen molar-refractivity contribution >= 4 is 11.6 Å². The number of piperidine rings is 1. The summed E-state index contributed by atoms with van der Waals surface area (Å²) < 4.78 is 0. The predicted molar refractivity (Wildman–Crippen MR) is 60.3 cm³/mol. The van der Waals surface area contributed by atoms with Crippen LogP contribution in [0.25, 0.3) is 0 Å². The maximum absolute atomic E-state index is 11.2. The van der Waals surface area contributed by atoms with Crippen molar-refractivity contribution in [1.29, 1.82) is 0 Å². The Morgan fingerprint density at radius 3 is 2.73 bits per heavy atom. The molecule has 0 saturated carbocycles. The lowest BCUT2D eigenvalue weighted by molar-refractivity contribution is 0.101. The van der Waals surface area contributed by atoms with Gasteiger partial charge in [0.2, 0.25) is 0 Å². The van der Waals surface area contributed by atoms with Gasteiger partial charge in [-0.2, -0.15) is 0 Å². The van der Waals surface area contributed by atoms with E-state index in [4.69, 9.17) is 0 Å². The fraction of sp³-hybridized carbons (Fsp3) is 0.500. The zero-order valence-corrected chi connectivity index (χ0v) is 9.07. The first kappa shape index (κ1) is 10.1. The van der Waals surface area contributed by atoms with Crippen molar-refractivity contribution in [2.75, 3.05) is 18.0 Å². The van der Waals surface area contributed by atoms with Gasteiger partial charge in [0.05, 0.1) is 0 Å². The molecule has 2 heterocycles. The Kier molecular flexibility index (Phi) is 2.99. The minimum absolute atomic E-state index is 0.107. The van der Waals surface area contributed by atoms with Crippen molar-refractivity contribution in [1.82, 2.24) is 4.98 Å². The molecule has 0 spiro atoms. The third kappa shape index (κ3) is 2.35. The second-order valence-corrected chi connectivity index (χ2v) is 4.01. The number of carbonyl (C=O) groups is 1. The number of pyridine rings is 1. The Labute approximate surface area is 90.1 Å². The van der Waals surface area contributed by atoms with Crippen LogP contribution in [0.1, 0.15) is 36.5 Å². The smallest absolute Gasteiger partial charge is 0.159 e. The van der Waals surface area contributed by atoms with Gasteiger partial charge in [-0.15, -0.1) is 0 Å². The van der Waals surface area contributed by atoms with Gasteiger partial charge in [0.25, 0.3) is 0 Å². The molecule has 0 N–H and O–H groups in total. The van der Waals surface area contributed by atoms with Crippen LogP contribution in [-0.4, -0.2) is 23.9 Å². The molecule has 0 unspecified atom stereocenters. The molecule has 3 nitrogen and oxygen atoms in total. The third-order valence-electron chi connectivity index (χ3n) is 2.83. The van der Waals surface area contributed by atoms with Gasteiger partial charge in [-0.25, -0.2) is 4.98 Å². The van der Waals surface area contributed by atoms with Crippen molar-refractivity contribution in [3.05, 3.63) is 23.9 Å². The Balaban J connectivity index is 2.19. The van der Waals surface area contributed by atoms with Gasteiger partial charge in [0.15, 0.2) is 5.78 Å². The number of hydrogen-bond acceptors (Lipinski definition) is 3. The topological polar surface area (TPSA) is 33.2 Å². The van der Waals surface area contributed by atoms with Crippen LogP contribution in [0.15, 0.2) is 18.3 Å². The predicted octanol–water partition coefficient (Wildman–Crippen LogP) is 2.27. The number of hydrogen-bond donors (Lipinski definition) is 0. The Hall–Kier alpha value is -1.38. The number of rotatable bonds is 2. The molecule has 3 heteroatoms. The maximum atomic E-state index is 11.2. The van der Waals surface area contributed by atoms with Gasteiger partial charge in [0.1, 0.15) is 5.82 Å². The second kappa shape index (κ2) is 4.43. The highest BCUT2D eigenvalue weighted by Gasteiger charge is 2.12. The summed E-state index contributed by atoms with van der Waals surface area (Å²) in [5, 5.41) is 0. The fourth-order valence-corrected chi connectivity index (χ4v) is 1.93. The SMILES string of the molecule is CC(=O)c1ccnc(N2CCCCC2)c1. The van der Waals surface area contributed by atoms with E-state index in [1.807, 2.05) is 6.07 Å². The van der Waals surface area contributed by atoms with Crippen LogP contribution in [0, 0.1) is 0 Å². The lowest BCUT2D eigenvalue weighted by atomic mass is 10.1. The van der Waals surface area contributed by atoms with Crippen LogP contribution < -0.4 is 4.90 Å². The molecule has 0 atom stereocenters. The van der Waals surface area contributed by atoms with E-state index in [0.29, 0.717) is 0 Å². The van der Waals surface area contributed by atoms with Gasteiger partial charge >= 0.3 is 0 Å².